The first-order valence-corrected chi connectivity index (χ1v) is 8.47. The van der Waals surface area contributed by atoms with Crippen LogP contribution in [0.5, 0.6) is 0 Å². The summed E-state index contributed by atoms with van der Waals surface area (Å²) in [7, 11) is 1.86. The van der Waals surface area contributed by atoms with Crippen LogP contribution in [0.3, 0.4) is 0 Å². The average molecular weight is 318 g/mol. The third-order valence-corrected chi connectivity index (χ3v) is 4.90. The molecular formula is C19H30N2O2. The Morgan fingerprint density at radius 3 is 2.43 bits per heavy atom. The molecule has 1 aliphatic rings. The normalized spacial score (nSPS) is 17.8. The highest BCUT2D eigenvalue weighted by Gasteiger charge is 2.31. The highest BCUT2D eigenvalue weighted by atomic mass is 16.5. The molecule has 0 bridgehead atoms. The van der Waals surface area contributed by atoms with Crippen molar-refractivity contribution in [2.75, 3.05) is 26.8 Å². The van der Waals surface area contributed by atoms with Gasteiger partial charge in [0.25, 0.3) is 0 Å². The van der Waals surface area contributed by atoms with Gasteiger partial charge in [0.15, 0.2) is 0 Å². The molecule has 1 heterocycles. The lowest BCUT2D eigenvalue weighted by Crippen LogP contribution is -2.50. The molecule has 4 heteroatoms. The summed E-state index contributed by atoms with van der Waals surface area (Å²) in [5, 5.41) is 0. The quantitative estimate of drug-likeness (QED) is 0.907. The number of aryl methyl sites for hydroxylation is 1. The Balaban J connectivity index is 2.00. The number of carbonyl (C=O) groups is 1. The average Bonchev–Trinajstić information content (AvgIpc) is 2.54. The van der Waals surface area contributed by atoms with Crippen LogP contribution in [0.25, 0.3) is 0 Å². The van der Waals surface area contributed by atoms with Gasteiger partial charge in [-0.25, -0.2) is 0 Å². The van der Waals surface area contributed by atoms with Gasteiger partial charge in [-0.3, -0.25) is 4.79 Å². The third-order valence-electron chi connectivity index (χ3n) is 4.90. The van der Waals surface area contributed by atoms with Gasteiger partial charge in [-0.05, 0) is 31.2 Å². The predicted octanol–water partition coefficient (Wildman–Crippen LogP) is 2.48. The van der Waals surface area contributed by atoms with Crippen molar-refractivity contribution in [1.82, 2.24) is 4.90 Å². The zero-order chi connectivity index (χ0) is 17.0. The fraction of sp³-hybridized carbons (Fsp3) is 0.632. The highest BCUT2D eigenvalue weighted by molar-refractivity contribution is 5.81. The number of hydrogen-bond donors (Lipinski definition) is 1. The Bertz CT molecular complexity index is 519. The van der Waals surface area contributed by atoms with E-state index in [2.05, 4.69) is 45.0 Å². The Kier molecular flexibility index (Phi) is 5.82. The van der Waals surface area contributed by atoms with E-state index in [-0.39, 0.29) is 17.2 Å². The van der Waals surface area contributed by atoms with Gasteiger partial charge < -0.3 is 15.4 Å². The second kappa shape index (κ2) is 7.45. The molecular weight excluding hydrogens is 288 g/mol. The molecule has 0 aromatic heterocycles. The Hall–Kier alpha value is -1.39. The monoisotopic (exact) mass is 318 g/mol. The summed E-state index contributed by atoms with van der Waals surface area (Å²) in [6.45, 7) is 8.50. The molecule has 1 amide bonds. The minimum absolute atomic E-state index is 0.0390. The van der Waals surface area contributed by atoms with Gasteiger partial charge in [0.05, 0.1) is 6.04 Å². The highest BCUT2D eigenvalue weighted by Crippen LogP contribution is 2.25. The first-order chi connectivity index (χ1) is 10.8. The van der Waals surface area contributed by atoms with Crippen molar-refractivity contribution in [3.8, 4) is 0 Å². The molecule has 1 aromatic carbocycles. The van der Waals surface area contributed by atoms with Crippen molar-refractivity contribution in [3.63, 3.8) is 0 Å². The van der Waals surface area contributed by atoms with Gasteiger partial charge in [0.2, 0.25) is 5.91 Å². The maximum atomic E-state index is 12.7. The smallest absolute Gasteiger partial charge is 0.239 e. The summed E-state index contributed by atoms with van der Waals surface area (Å²) in [5.74, 6) is 0.276. The number of nitrogens with two attached hydrogens (primary N) is 1. The van der Waals surface area contributed by atoms with Crippen LogP contribution in [0.15, 0.2) is 24.3 Å². The fourth-order valence-electron chi connectivity index (χ4n) is 3.30. The van der Waals surface area contributed by atoms with Crippen LogP contribution in [0.2, 0.25) is 0 Å². The SMILES string of the molecule is Cc1ccc(C(C)(C)CN(C)C(=O)C(N)C2CCOCC2)cc1. The molecule has 1 aromatic rings. The van der Waals surface area contributed by atoms with Gasteiger partial charge in [-0.1, -0.05) is 43.7 Å². The van der Waals surface area contributed by atoms with E-state index in [9.17, 15) is 4.79 Å². The summed E-state index contributed by atoms with van der Waals surface area (Å²) >= 11 is 0. The van der Waals surface area contributed by atoms with Crippen LogP contribution in [0, 0.1) is 12.8 Å². The molecule has 0 saturated carbocycles. The van der Waals surface area contributed by atoms with Crippen LogP contribution in [0.1, 0.15) is 37.8 Å². The molecule has 1 fully saturated rings. The number of carbonyl (C=O) groups excluding carboxylic acids is 1. The lowest BCUT2D eigenvalue weighted by molar-refractivity contribution is -0.134. The van der Waals surface area contributed by atoms with Crippen molar-refractivity contribution < 1.29 is 9.53 Å². The molecule has 0 radical (unpaired) electrons. The lowest BCUT2D eigenvalue weighted by Gasteiger charge is -2.34. The standard InChI is InChI=1S/C19H30N2O2/c1-14-5-7-16(8-6-14)19(2,3)13-21(4)18(22)17(20)15-9-11-23-12-10-15/h5-8,15,17H,9-13,20H2,1-4H3. The Morgan fingerprint density at radius 2 is 1.87 bits per heavy atom. The summed E-state index contributed by atoms with van der Waals surface area (Å²) < 4.78 is 5.36. The van der Waals surface area contributed by atoms with Crippen LogP contribution < -0.4 is 5.73 Å². The van der Waals surface area contributed by atoms with E-state index in [4.69, 9.17) is 10.5 Å². The molecule has 0 spiro atoms. The van der Waals surface area contributed by atoms with Crippen LogP contribution in [0.4, 0.5) is 0 Å². The van der Waals surface area contributed by atoms with Crippen LogP contribution in [-0.2, 0) is 14.9 Å². The Morgan fingerprint density at radius 1 is 1.30 bits per heavy atom. The molecule has 1 saturated heterocycles. The molecule has 1 aliphatic heterocycles. The van der Waals surface area contributed by atoms with E-state index in [1.165, 1.54) is 11.1 Å². The number of ether oxygens (including phenoxy) is 1. The maximum Gasteiger partial charge on any atom is 0.239 e. The van der Waals surface area contributed by atoms with Crippen molar-refractivity contribution in [2.45, 2.75) is 45.1 Å². The lowest BCUT2D eigenvalue weighted by atomic mass is 9.83. The fourth-order valence-corrected chi connectivity index (χ4v) is 3.30. The summed E-state index contributed by atoms with van der Waals surface area (Å²) in [4.78, 5) is 14.5. The molecule has 1 unspecified atom stereocenters. The van der Waals surface area contributed by atoms with Crippen molar-refractivity contribution in [2.24, 2.45) is 11.7 Å². The van der Waals surface area contributed by atoms with Gasteiger partial charge in [-0.15, -0.1) is 0 Å². The van der Waals surface area contributed by atoms with Crippen molar-refractivity contribution in [3.05, 3.63) is 35.4 Å². The molecule has 1 atom stereocenters. The number of benzene rings is 1. The predicted molar refractivity (Wildman–Crippen MR) is 93.4 cm³/mol. The van der Waals surface area contributed by atoms with Crippen molar-refractivity contribution in [1.29, 1.82) is 0 Å². The Labute approximate surface area is 140 Å². The van der Waals surface area contributed by atoms with E-state index >= 15 is 0 Å². The largest absolute Gasteiger partial charge is 0.381 e. The number of nitrogens with zero attached hydrogens (tertiary/aromatic N) is 1. The zero-order valence-electron chi connectivity index (χ0n) is 14.8. The minimum Gasteiger partial charge on any atom is -0.381 e. The second-order valence-corrected chi connectivity index (χ2v) is 7.42. The second-order valence-electron chi connectivity index (χ2n) is 7.42. The van der Waals surface area contributed by atoms with E-state index in [1.807, 2.05) is 7.05 Å². The molecule has 128 valence electrons. The van der Waals surface area contributed by atoms with Gasteiger partial charge in [0, 0.05) is 32.2 Å². The van der Waals surface area contributed by atoms with Crippen LogP contribution in [-0.4, -0.2) is 43.7 Å². The van der Waals surface area contributed by atoms with Gasteiger partial charge in [-0.2, -0.15) is 0 Å². The topological polar surface area (TPSA) is 55.6 Å². The first kappa shape index (κ1) is 18.0. The maximum absolute atomic E-state index is 12.7. The molecule has 23 heavy (non-hydrogen) atoms. The van der Waals surface area contributed by atoms with E-state index in [1.54, 1.807) is 4.90 Å². The van der Waals surface area contributed by atoms with E-state index in [0.717, 1.165) is 12.8 Å². The van der Waals surface area contributed by atoms with Crippen LogP contribution >= 0.6 is 0 Å². The number of amides is 1. The van der Waals surface area contributed by atoms with E-state index < -0.39 is 6.04 Å². The molecule has 2 N–H and O–H groups in total. The summed E-state index contributed by atoms with van der Waals surface area (Å²) in [5.41, 5.74) is 8.60. The van der Waals surface area contributed by atoms with Gasteiger partial charge >= 0.3 is 0 Å². The molecule has 2 rings (SSSR count). The number of likely N-dealkylation sites (N-methyl/N-ethyl adjacent to an activating group) is 1. The number of rotatable bonds is 5. The van der Waals surface area contributed by atoms with Crippen molar-refractivity contribution >= 4 is 5.91 Å². The molecule has 0 aliphatic carbocycles. The zero-order valence-corrected chi connectivity index (χ0v) is 14.8. The van der Waals surface area contributed by atoms with Gasteiger partial charge in [0.1, 0.15) is 0 Å². The summed E-state index contributed by atoms with van der Waals surface area (Å²) in [6.07, 6.45) is 1.75. The van der Waals surface area contributed by atoms with E-state index in [0.29, 0.717) is 19.8 Å². The minimum atomic E-state index is -0.419. The summed E-state index contributed by atoms with van der Waals surface area (Å²) in [6, 6.07) is 8.11. The molecule has 4 nitrogen and oxygen atoms in total. The number of hydrogen-bond acceptors (Lipinski definition) is 3. The third kappa shape index (κ3) is 4.55. The first-order valence-electron chi connectivity index (χ1n) is 8.47.